The summed E-state index contributed by atoms with van der Waals surface area (Å²) in [6.07, 6.45) is 6.65. The molecule has 0 saturated heterocycles. The highest BCUT2D eigenvalue weighted by Crippen LogP contribution is 2.25. The van der Waals surface area contributed by atoms with Crippen LogP contribution in [0.4, 0.5) is 0 Å². The summed E-state index contributed by atoms with van der Waals surface area (Å²) < 4.78 is 1.51. The number of fused-ring (bicyclic) bond motifs is 2. The van der Waals surface area contributed by atoms with Crippen molar-refractivity contribution in [1.29, 1.82) is 0 Å². The molecule has 0 saturated carbocycles. The van der Waals surface area contributed by atoms with E-state index >= 15 is 0 Å². The smallest absolute Gasteiger partial charge is 0.271 e. The molecule has 1 atom stereocenters. The second kappa shape index (κ2) is 8.12. The number of thiazole rings is 1. The first-order valence-corrected chi connectivity index (χ1v) is 11.3. The number of aromatic nitrogens is 2. The quantitative estimate of drug-likeness (QED) is 0.493. The predicted octanol–water partition coefficient (Wildman–Crippen LogP) is 3.98. The first-order valence-electron chi connectivity index (χ1n) is 10.5. The van der Waals surface area contributed by atoms with Crippen molar-refractivity contribution in [3.63, 3.8) is 0 Å². The second-order valence-electron chi connectivity index (χ2n) is 8.07. The van der Waals surface area contributed by atoms with Crippen LogP contribution in [-0.2, 0) is 19.3 Å². The highest BCUT2D eigenvalue weighted by Gasteiger charge is 2.27. The molecule has 5 rings (SSSR count). The van der Waals surface area contributed by atoms with Gasteiger partial charge in [0.2, 0.25) is 0 Å². The standard InChI is InChI=1S/C25H23N3O2S/c1-27(20-12-11-18-9-5-6-10-19(18)14-20)23(29)22-15-26-25-28(24(22)30)16-21(31-25)13-17-7-3-2-4-8-17/h2-10,15-16,20H,11-14H2,1H3. The number of benzene rings is 2. The van der Waals surface area contributed by atoms with Crippen LogP contribution < -0.4 is 5.56 Å². The lowest BCUT2D eigenvalue weighted by Crippen LogP contribution is -2.42. The van der Waals surface area contributed by atoms with Gasteiger partial charge in [0.15, 0.2) is 4.96 Å². The largest absolute Gasteiger partial charge is 0.338 e. The van der Waals surface area contributed by atoms with Gasteiger partial charge in [0, 0.05) is 36.8 Å². The van der Waals surface area contributed by atoms with Gasteiger partial charge in [-0.1, -0.05) is 54.6 Å². The fourth-order valence-electron chi connectivity index (χ4n) is 4.32. The van der Waals surface area contributed by atoms with Crippen LogP contribution in [0.5, 0.6) is 0 Å². The van der Waals surface area contributed by atoms with Crippen molar-refractivity contribution in [1.82, 2.24) is 14.3 Å². The Morgan fingerprint density at radius 2 is 1.87 bits per heavy atom. The summed E-state index contributed by atoms with van der Waals surface area (Å²) in [5.41, 5.74) is 3.64. The third-order valence-electron chi connectivity index (χ3n) is 6.10. The van der Waals surface area contributed by atoms with Crippen LogP contribution in [0, 0.1) is 0 Å². The van der Waals surface area contributed by atoms with Crippen molar-refractivity contribution in [3.05, 3.63) is 104 Å². The zero-order valence-electron chi connectivity index (χ0n) is 17.3. The van der Waals surface area contributed by atoms with Crippen LogP contribution in [0.2, 0.25) is 0 Å². The van der Waals surface area contributed by atoms with Gasteiger partial charge in [-0.15, -0.1) is 11.3 Å². The van der Waals surface area contributed by atoms with Gasteiger partial charge in [0.1, 0.15) is 5.56 Å². The molecule has 0 N–H and O–H groups in total. The third kappa shape index (κ3) is 3.79. The summed E-state index contributed by atoms with van der Waals surface area (Å²) >= 11 is 1.48. The number of nitrogens with zero attached hydrogens (tertiary/aromatic N) is 3. The van der Waals surface area contributed by atoms with Gasteiger partial charge in [-0.2, -0.15) is 0 Å². The first kappa shape index (κ1) is 19.7. The Morgan fingerprint density at radius 3 is 2.68 bits per heavy atom. The molecule has 1 unspecified atom stereocenters. The highest BCUT2D eigenvalue weighted by atomic mass is 32.1. The minimum Gasteiger partial charge on any atom is -0.338 e. The van der Waals surface area contributed by atoms with E-state index in [4.69, 9.17) is 0 Å². The summed E-state index contributed by atoms with van der Waals surface area (Å²) in [6, 6.07) is 18.6. The Morgan fingerprint density at radius 1 is 1.13 bits per heavy atom. The van der Waals surface area contributed by atoms with E-state index in [9.17, 15) is 9.59 Å². The van der Waals surface area contributed by atoms with Crippen molar-refractivity contribution in [2.45, 2.75) is 31.7 Å². The summed E-state index contributed by atoms with van der Waals surface area (Å²) in [5, 5.41) is 0. The maximum absolute atomic E-state index is 13.2. The number of carbonyl (C=O) groups excluding carboxylic acids is 1. The summed E-state index contributed by atoms with van der Waals surface area (Å²) in [6.45, 7) is 0. The molecule has 6 heteroatoms. The molecule has 31 heavy (non-hydrogen) atoms. The van der Waals surface area contributed by atoms with Crippen molar-refractivity contribution in [2.75, 3.05) is 7.05 Å². The molecule has 2 aromatic heterocycles. The van der Waals surface area contributed by atoms with Crippen molar-refractivity contribution >= 4 is 22.2 Å². The molecule has 1 aliphatic carbocycles. The monoisotopic (exact) mass is 429 g/mol. The van der Waals surface area contributed by atoms with Gasteiger partial charge in [-0.25, -0.2) is 4.98 Å². The minimum absolute atomic E-state index is 0.0820. The highest BCUT2D eigenvalue weighted by molar-refractivity contribution is 7.17. The molecule has 0 radical (unpaired) electrons. The van der Waals surface area contributed by atoms with E-state index in [0.29, 0.717) is 4.96 Å². The number of likely N-dealkylation sites (N-methyl/N-ethyl adjacent to an activating group) is 1. The maximum Gasteiger partial charge on any atom is 0.271 e. The molecule has 156 valence electrons. The summed E-state index contributed by atoms with van der Waals surface area (Å²) in [4.78, 5) is 34.1. The van der Waals surface area contributed by atoms with Gasteiger partial charge in [0.25, 0.3) is 11.5 Å². The molecule has 0 spiro atoms. The summed E-state index contributed by atoms with van der Waals surface area (Å²) in [5.74, 6) is -0.257. The zero-order valence-corrected chi connectivity index (χ0v) is 18.1. The van der Waals surface area contributed by atoms with Crippen LogP contribution in [-0.4, -0.2) is 33.3 Å². The molecule has 1 aliphatic rings. The lowest BCUT2D eigenvalue weighted by molar-refractivity contribution is 0.0716. The lowest BCUT2D eigenvalue weighted by Gasteiger charge is -2.32. The second-order valence-corrected chi connectivity index (χ2v) is 9.16. The van der Waals surface area contributed by atoms with E-state index < -0.39 is 0 Å². The molecule has 0 bridgehead atoms. The maximum atomic E-state index is 13.2. The molecular formula is C25H23N3O2S. The van der Waals surface area contributed by atoms with Crippen LogP contribution >= 0.6 is 11.3 Å². The number of carbonyl (C=O) groups is 1. The van der Waals surface area contributed by atoms with Gasteiger partial charge in [-0.05, 0) is 36.0 Å². The topological polar surface area (TPSA) is 54.7 Å². The Labute approximate surface area is 184 Å². The van der Waals surface area contributed by atoms with Gasteiger partial charge in [-0.3, -0.25) is 14.0 Å². The van der Waals surface area contributed by atoms with Gasteiger partial charge >= 0.3 is 0 Å². The fraction of sp³-hybridized carbons (Fsp3) is 0.240. The van der Waals surface area contributed by atoms with E-state index in [2.05, 4.69) is 35.3 Å². The van der Waals surface area contributed by atoms with E-state index in [1.807, 2.05) is 30.5 Å². The average molecular weight is 430 g/mol. The van der Waals surface area contributed by atoms with Crippen LogP contribution in [0.1, 0.15) is 38.3 Å². The van der Waals surface area contributed by atoms with Gasteiger partial charge < -0.3 is 4.90 Å². The molecule has 5 nitrogen and oxygen atoms in total. The van der Waals surface area contributed by atoms with Crippen LogP contribution in [0.15, 0.2) is 71.8 Å². The Hall–Kier alpha value is -3.25. The minimum atomic E-state index is -0.298. The summed E-state index contributed by atoms with van der Waals surface area (Å²) in [7, 11) is 1.80. The predicted molar refractivity (Wildman–Crippen MR) is 123 cm³/mol. The molecular weight excluding hydrogens is 406 g/mol. The average Bonchev–Trinajstić information content (AvgIpc) is 3.22. The molecule has 2 heterocycles. The normalized spacial score (nSPS) is 15.6. The van der Waals surface area contributed by atoms with Crippen LogP contribution in [0.25, 0.3) is 4.96 Å². The van der Waals surface area contributed by atoms with E-state index in [1.54, 1.807) is 11.9 Å². The Bertz CT molecular complexity index is 1310. The van der Waals surface area contributed by atoms with Crippen molar-refractivity contribution in [3.8, 4) is 0 Å². The van der Waals surface area contributed by atoms with Crippen LogP contribution in [0.3, 0.4) is 0 Å². The number of rotatable bonds is 4. The number of aryl methyl sites for hydroxylation is 1. The SMILES string of the molecule is CN(C(=O)c1cnc2sc(Cc3ccccc3)cn2c1=O)C1CCc2ccccc2C1. The zero-order chi connectivity index (χ0) is 21.4. The number of amides is 1. The fourth-order valence-corrected chi connectivity index (χ4v) is 5.29. The molecule has 1 amide bonds. The molecule has 4 aromatic rings. The molecule has 0 fully saturated rings. The first-order chi connectivity index (χ1) is 15.1. The lowest BCUT2D eigenvalue weighted by atomic mass is 9.87. The Balaban J connectivity index is 1.40. The van der Waals surface area contributed by atoms with Crippen molar-refractivity contribution in [2.24, 2.45) is 0 Å². The number of hydrogen-bond acceptors (Lipinski definition) is 4. The van der Waals surface area contributed by atoms with Crippen molar-refractivity contribution < 1.29 is 4.79 Å². The number of hydrogen-bond donors (Lipinski definition) is 0. The van der Waals surface area contributed by atoms with Gasteiger partial charge in [0.05, 0.1) is 0 Å². The Kier molecular flexibility index (Phi) is 5.16. The molecule has 2 aromatic carbocycles. The third-order valence-corrected chi connectivity index (χ3v) is 7.09. The van der Waals surface area contributed by atoms with E-state index in [0.717, 1.165) is 30.6 Å². The van der Waals surface area contributed by atoms with E-state index in [1.165, 1.54) is 38.6 Å². The van der Waals surface area contributed by atoms with E-state index in [-0.39, 0.29) is 23.1 Å². The molecule has 0 aliphatic heterocycles.